The molecule has 0 aliphatic carbocycles. The Hall–Kier alpha value is -6.33. The van der Waals surface area contributed by atoms with Crippen molar-refractivity contribution in [1.29, 1.82) is 0 Å². The summed E-state index contributed by atoms with van der Waals surface area (Å²) in [6, 6.07) is 49.7. The van der Waals surface area contributed by atoms with E-state index in [-0.39, 0.29) is 0 Å². The second kappa shape index (κ2) is 12.0. The minimum atomic E-state index is 0.636. The number of aromatic nitrogens is 5. The van der Waals surface area contributed by atoms with Crippen molar-refractivity contribution in [3.8, 4) is 67.7 Å². The second-order valence-electron chi connectivity index (χ2n) is 11.1. The molecular weight excluding hydrogens is 562 g/mol. The molecule has 0 N–H and O–H groups in total. The molecule has 3 heterocycles. The summed E-state index contributed by atoms with van der Waals surface area (Å²) in [4.78, 5) is 23.7. The first-order valence-corrected chi connectivity index (χ1v) is 15.2. The van der Waals surface area contributed by atoms with Gasteiger partial charge in [0.15, 0.2) is 17.5 Å². The number of benzene rings is 5. The van der Waals surface area contributed by atoms with Gasteiger partial charge in [-0.25, -0.2) is 15.0 Å². The molecule has 5 heteroatoms. The maximum Gasteiger partial charge on any atom is 0.164 e. The largest absolute Gasteiger partial charge is 0.264 e. The van der Waals surface area contributed by atoms with Gasteiger partial charge < -0.3 is 0 Å². The van der Waals surface area contributed by atoms with Gasteiger partial charge in [-0.2, -0.15) is 0 Å². The predicted molar refractivity (Wildman–Crippen MR) is 186 cm³/mol. The SMILES string of the molecule is c1ccc(-c2ccc(-c3nc(-c4ccccc4)nc(-c4ccc5cc(-c6ccc(-c7cccnc7)nc6)ccc5c4)n3)cc2)cc1. The quantitative estimate of drug-likeness (QED) is 0.193. The van der Waals surface area contributed by atoms with Crippen LogP contribution in [-0.4, -0.2) is 24.9 Å². The van der Waals surface area contributed by atoms with E-state index < -0.39 is 0 Å². The summed E-state index contributed by atoms with van der Waals surface area (Å²) in [5.74, 6) is 1.92. The minimum Gasteiger partial charge on any atom is -0.264 e. The van der Waals surface area contributed by atoms with E-state index in [9.17, 15) is 0 Å². The van der Waals surface area contributed by atoms with Gasteiger partial charge in [0.1, 0.15) is 0 Å². The van der Waals surface area contributed by atoms with Crippen LogP contribution in [0.15, 0.2) is 164 Å². The van der Waals surface area contributed by atoms with Crippen molar-refractivity contribution < 1.29 is 0 Å². The van der Waals surface area contributed by atoms with Gasteiger partial charge in [-0.05, 0) is 57.8 Å². The highest BCUT2D eigenvalue weighted by molar-refractivity contribution is 5.90. The van der Waals surface area contributed by atoms with E-state index in [1.807, 2.05) is 67.0 Å². The normalized spacial score (nSPS) is 11.0. The standard InChI is InChI=1S/C41H27N5/c1-3-8-28(9-4-1)29-13-15-31(16-14-29)40-44-39(30-10-5-2-6-11-30)45-41(46-40)35-20-19-32-24-34(18-17-33(32)25-35)36-21-22-38(43-27-36)37-12-7-23-42-26-37/h1-27H. The topological polar surface area (TPSA) is 64.5 Å². The van der Waals surface area contributed by atoms with Crippen LogP contribution in [0.5, 0.6) is 0 Å². The van der Waals surface area contributed by atoms with Gasteiger partial charge in [0.05, 0.1) is 5.69 Å². The Morgan fingerprint density at radius 1 is 0.326 bits per heavy atom. The smallest absolute Gasteiger partial charge is 0.164 e. The molecule has 5 aromatic carbocycles. The molecular formula is C41H27N5. The van der Waals surface area contributed by atoms with Crippen molar-refractivity contribution in [3.05, 3.63) is 164 Å². The highest BCUT2D eigenvalue weighted by Gasteiger charge is 2.13. The molecule has 0 aliphatic rings. The van der Waals surface area contributed by atoms with Crippen LogP contribution < -0.4 is 0 Å². The van der Waals surface area contributed by atoms with Gasteiger partial charge in [-0.3, -0.25) is 9.97 Å². The molecule has 46 heavy (non-hydrogen) atoms. The van der Waals surface area contributed by atoms with E-state index in [2.05, 4.69) is 101 Å². The third-order valence-corrected chi connectivity index (χ3v) is 8.07. The lowest BCUT2D eigenvalue weighted by atomic mass is 10.00. The molecule has 3 aromatic heterocycles. The fourth-order valence-electron chi connectivity index (χ4n) is 5.61. The van der Waals surface area contributed by atoms with Crippen LogP contribution in [0, 0.1) is 0 Å². The molecule has 0 aliphatic heterocycles. The Labute approximate surface area is 267 Å². The van der Waals surface area contributed by atoms with Crippen molar-refractivity contribution in [2.24, 2.45) is 0 Å². The molecule has 0 atom stereocenters. The molecule has 0 bridgehead atoms. The fraction of sp³-hybridized carbons (Fsp3) is 0. The van der Waals surface area contributed by atoms with Crippen molar-refractivity contribution in [2.75, 3.05) is 0 Å². The molecule has 5 nitrogen and oxygen atoms in total. The van der Waals surface area contributed by atoms with Gasteiger partial charge in [0, 0.05) is 46.4 Å². The molecule has 8 rings (SSSR count). The summed E-state index contributed by atoms with van der Waals surface area (Å²) >= 11 is 0. The zero-order valence-electron chi connectivity index (χ0n) is 24.8. The average Bonchev–Trinajstić information content (AvgIpc) is 3.15. The Kier molecular flexibility index (Phi) is 7.09. The van der Waals surface area contributed by atoms with Crippen LogP contribution in [-0.2, 0) is 0 Å². The van der Waals surface area contributed by atoms with Gasteiger partial charge in [0.25, 0.3) is 0 Å². The maximum atomic E-state index is 4.97. The lowest BCUT2D eigenvalue weighted by Gasteiger charge is -2.10. The van der Waals surface area contributed by atoms with Crippen LogP contribution in [0.1, 0.15) is 0 Å². The summed E-state index contributed by atoms with van der Waals surface area (Å²) in [5, 5.41) is 2.24. The molecule has 0 spiro atoms. The van der Waals surface area contributed by atoms with Crippen molar-refractivity contribution in [3.63, 3.8) is 0 Å². The van der Waals surface area contributed by atoms with E-state index in [4.69, 9.17) is 15.0 Å². The van der Waals surface area contributed by atoms with Crippen LogP contribution in [0.4, 0.5) is 0 Å². The van der Waals surface area contributed by atoms with E-state index in [0.717, 1.165) is 55.4 Å². The lowest BCUT2D eigenvalue weighted by Crippen LogP contribution is -2.00. The zero-order chi connectivity index (χ0) is 30.7. The molecule has 0 fully saturated rings. The number of nitrogens with zero attached hydrogens (tertiary/aromatic N) is 5. The van der Waals surface area contributed by atoms with E-state index in [0.29, 0.717) is 17.5 Å². The maximum absolute atomic E-state index is 4.97. The van der Waals surface area contributed by atoms with E-state index in [1.165, 1.54) is 5.56 Å². The third kappa shape index (κ3) is 5.53. The molecule has 0 radical (unpaired) electrons. The van der Waals surface area contributed by atoms with Gasteiger partial charge >= 0.3 is 0 Å². The molecule has 216 valence electrons. The van der Waals surface area contributed by atoms with Crippen LogP contribution >= 0.6 is 0 Å². The number of rotatable bonds is 6. The Morgan fingerprint density at radius 3 is 1.46 bits per heavy atom. The van der Waals surface area contributed by atoms with Gasteiger partial charge in [-0.15, -0.1) is 0 Å². The first kappa shape index (κ1) is 27.2. The first-order valence-electron chi connectivity index (χ1n) is 15.2. The molecule has 8 aromatic rings. The molecule has 0 saturated heterocycles. The number of fused-ring (bicyclic) bond motifs is 1. The highest BCUT2D eigenvalue weighted by atomic mass is 15.0. The average molecular weight is 590 g/mol. The Balaban J connectivity index is 1.14. The first-order chi connectivity index (χ1) is 22.8. The molecule has 0 unspecified atom stereocenters. The van der Waals surface area contributed by atoms with Gasteiger partial charge in [-0.1, -0.05) is 115 Å². The fourth-order valence-corrected chi connectivity index (χ4v) is 5.61. The van der Waals surface area contributed by atoms with Crippen LogP contribution in [0.25, 0.3) is 78.4 Å². The summed E-state index contributed by atoms with van der Waals surface area (Å²) < 4.78 is 0. The zero-order valence-corrected chi connectivity index (χ0v) is 24.8. The van der Waals surface area contributed by atoms with Crippen LogP contribution in [0.2, 0.25) is 0 Å². The van der Waals surface area contributed by atoms with E-state index >= 15 is 0 Å². The third-order valence-electron chi connectivity index (χ3n) is 8.07. The molecule has 0 saturated carbocycles. The summed E-state index contributed by atoms with van der Waals surface area (Å²) in [6.07, 6.45) is 5.52. The van der Waals surface area contributed by atoms with Gasteiger partial charge in [0.2, 0.25) is 0 Å². The van der Waals surface area contributed by atoms with Crippen LogP contribution in [0.3, 0.4) is 0 Å². The molecule has 0 amide bonds. The second-order valence-corrected chi connectivity index (χ2v) is 11.1. The monoisotopic (exact) mass is 589 g/mol. The van der Waals surface area contributed by atoms with Crippen molar-refractivity contribution >= 4 is 10.8 Å². The lowest BCUT2D eigenvalue weighted by molar-refractivity contribution is 1.07. The minimum absolute atomic E-state index is 0.636. The highest BCUT2D eigenvalue weighted by Crippen LogP contribution is 2.31. The van der Waals surface area contributed by atoms with E-state index in [1.54, 1.807) is 6.20 Å². The summed E-state index contributed by atoms with van der Waals surface area (Å²) in [5.41, 5.74) is 9.22. The Morgan fingerprint density at radius 2 is 0.826 bits per heavy atom. The van der Waals surface area contributed by atoms with Crippen molar-refractivity contribution in [2.45, 2.75) is 0 Å². The predicted octanol–water partition coefficient (Wildman–Crippen LogP) is 9.82. The summed E-state index contributed by atoms with van der Waals surface area (Å²) in [7, 11) is 0. The Bertz CT molecular complexity index is 2270. The summed E-state index contributed by atoms with van der Waals surface area (Å²) in [6.45, 7) is 0. The number of hydrogen-bond acceptors (Lipinski definition) is 5. The number of hydrogen-bond donors (Lipinski definition) is 0. The number of pyridine rings is 2. The van der Waals surface area contributed by atoms with Crippen molar-refractivity contribution in [1.82, 2.24) is 24.9 Å².